The topological polar surface area (TPSA) is 112 Å². The fourth-order valence-electron chi connectivity index (χ4n) is 2.65. The molecule has 6 heteroatoms. The molecule has 6 nitrogen and oxygen atoms in total. The van der Waals surface area contributed by atoms with Gasteiger partial charge in [-0.25, -0.2) is 0 Å². The second-order valence-corrected chi connectivity index (χ2v) is 6.11. The molecule has 0 atom stereocenters. The van der Waals surface area contributed by atoms with Gasteiger partial charge < -0.3 is 15.3 Å². The van der Waals surface area contributed by atoms with Crippen molar-refractivity contribution in [3.8, 4) is 0 Å². The number of carboxylic acids is 3. The molecule has 0 aliphatic carbocycles. The van der Waals surface area contributed by atoms with Gasteiger partial charge in [-0.05, 0) is 6.42 Å². The van der Waals surface area contributed by atoms with Gasteiger partial charge in [-0.1, -0.05) is 77.6 Å². The maximum absolute atomic E-state index is 11.1. The summed E-state index contributed by atoms with van der Waals surface area (Å²) in [7, 11) is 0. The highest BCUT2D eigenvalue weighted by Crippen LogP contribution is 2.27. The third-order valence-electron chi connectivity index (χ3n) is 4.25. The van der Waals surface area contributed by atoms with E-state index in [9.17, 15) is 14.4 Å². The first-order valence-corrected chi connectivity index (χ1v) is 8.59. The van der Waals surface area contributed by atoms with Crippen LogP contribution in [0.25, 0.3) is 0 Å². The van der Waals surface area contributed by atoms with Crippen LogP contribution in [0.2, 0.25) is 0 Å². The summed E-state index contributed by atoms with van der Waals surface area (Å²) in [5, 5.41) is 26.9. The number of unbranched alkanes of at least 4 members (excludes halogenated alkanes) is 10. The summed E-state index contributed by atoms with van der Waals surface area (Å²) in [6.07, 6.45) is 11.1. The molecule has 0 saturated carbocycles. The first kappa shape index (κ1) is 21.4. The lowest BCUT2D eigenvalue weighted by atomic mass is 9.82. The van der Waals surface area contributed by atoms with Crippen molar-refractivity contribution >= 4 is 17.9 Å². The van der Waals surface area contributed by atoms with E-state index in [0.29, 0.717) is 12.8 Å². The van der Waals surface area contributed by atoms with Gasteiger partial charge in [-0.3, -0.25) is 14.4 Å². The molecule has 0 aromatic rings. The minimum Gasteiger partial charge on any atom is -0.480 e. The Morgan fingerprint density at radius 2 is 0.913 bits per heavy atom. The second-order valence-electron chi connectivity index (χ2n) is 6.11. The Morgan fingerprint density at radius 3 is 1.22 bits per heavy atom. The van der Waals surface area contributed by atoms with Gasteiger partial charge in [0.15, 0.2) is 0 Å². The van der Waals surface area contributed by atoms with Crippen LogP contribution in [-0.4, -0.2) is 33.2 Å². The van der Waals surface area contributed by atoms with Crippen LogP contribution in [0.3, 0.4) is 0 Å². The van der Waals surface area contributed by atoms with Gasteiger partial charge in [-0.15, -0.1) is 0 Å². The smallest absolute Gasteiger partial charge is 0.332 e. The number of rotatable bonds is 15. The Balaban J connectivity index is 3.86. The minimum atomic E-state index is -2.71. The van der Waals surface area contributed by atoms with Crippen LogP contribution in [0.5, 0.6) is 0 Å². The van der Waals surface area contributed by atoms with Gasteiger partial charge in [0.2, 0.25) is 0 Å². The number of hydrogen-bond acceptors (Lipinski definition) is 3. The van der Waals surface area contributed by atoms with Crippen molar-refractivity contribution in [2.75, 3.05) is 0 Å². The third-order valence-corrected chi connectivity index (χ3v) is 4.25. The Bertz CT molecular complexity index is 341. The average Bonchev–Trinajstić information content (AvgIpc) is 2.47. The Hall–Kier alpha value is -1.59. The molecular formula is C17H30O6. The molecule has 0 unspecified atom stereocenters. The number of aliphatic carboxylic acids is 3. The maximum Gasteiger partial charge on any atom is 0.332 e. The molecular weight excluding hydrogens is 300 g/mol. The van der Waals surface area contributed by atoms with Crippen LogP contribution in [0.15, 0.2) is 0 Å². The van der Waals surface area contributed by atoms with Crippen molar-refractivity contribution in [3.63, 3.8) is 0 Å². The van der Waals surface area contributed by atoms with Crippen LogP contribution in [0.1, 0.15) is 84.0 Å². The highest BCUT2D eigenvalue weighted by molar-refractivity contribution is 6.16. The van der Waals surface area contributed by atoms with Gasteiger partial charge in [0.1, 0.15) is 0 Å². The summed E-state index contributed by atoms with van der Waals surface area (Å²) in [5.74, 6) is -5.40. The summed E-state index contributed by atoms with van der Waals surface area (Å²) < 4.78 is 0. The van der Waals surface area contributed by atoms with Crippen molar-refractivity contribution < 1.29 is 29.7 Å². The highest BCUT2D eigenvalue weighted by atomic mass is 16.4. The molecule has 0 aliphatic rings. The molecule has 0 bridgehead atoms. The van der Waals surface area contributed by atoms with Crippen molar-refractivity contribution in [2.24, 2.45) is 5.41 Å². The molecule has 23 heavy (non-hydrogen) atoms. The van der Waals surface area contributed by atoms with E-state index in [1.807, 2.05) is 0 Å². The number of hydrogen-bond donors (Lipinski definition) is 3. The Labute approximate surface area is 137 Å². The van der Waals surface area contributed by atoms with Crippen LogP contribution in [-0.2, 0) is 14.4 Å². The molecule has 0 aromatic carbocycles. The van der Waals surface area contributed by atoms with E-state index in [0.717, 1.165) is 19.3 Å². The summed E-state index contributed by atoms with van der Waals surface area (Å²) in [5.41, 5.74) is -2.71. The number of carboxylic acid groups (broad SMARTS) is 3. The van der Waals surface area contributed by atoms with Crippen LogP contribution in [0, 0.1) is 5.41 Å². The molecule has 0 spiro atoms. The molecule has 0 amide bonds. The lowest BCUT2D eigenvalue weighted by Crippen LogP contribution is -2.46. The molecule has 0 rings (SSSR count). The normalized spacial score (nSPS) is 11.3. The standard InChI is InChI=1S/C17H30O6/c1-2-3-4-5-6-7-8-9-10-11-12-13-17(14(18)19,15(20)21)16(22)23/h2-13H2,1H3,(H,18,19)(H,20,21)(H,22,23). The molecule has 0 heterocycles. The van der Waals surface area contributed by atoms with Gasteiger partial charge in [0.25, 0.3) is 5.41 Å². The van der Waals surface area contributed by atoms with E-state index < -0.39 is 23.3 Å². The van der Waals surface area contributed by atoms with Gasteiger partial charge in [-0.2, -0.15) is 0 Å². The predicted octanol–water partition coefficient (Wildman–Crippen LogP) is 3.93. The Kier molecular flexibility index (Phi) is 11.1. The zero-order valence-electron chi connectivity index (χ0n) is 14.1. The predicted molar refractivity (Wildman–Crippen MR) is 86.4 cm³/mol. The molecule has 0 radical (unpaired) electrons. The lowest BCUT2D eigenvalue weighted by Gasteiger charge is -2.19. The van der Waals surface area contributed by atoms with Crippen LogP contribution >= 0.6 is 0 Å². The van der Waals surface area contributed by atoms with E-state index in [-0.39, 0.29) is 6.42 Å². The first-order chi connectivity index (χ1) is 10.9. The zero-order valence-corrected chi connectivity index (χ0v) is 14.1. The van der Waals surface area contributed by atoms with Gasteiger partial charge in [0.05, 0.1) is 0 Å². The minimum absolute atomic E-state index is 0.293. The van der Waals surface area contributed by atoms with Gasteiger partial charge in [0, 0.05) is 0 Å². The maximum atomic E-state index is 11.1. The molecule has 0 saturated heterocycles. The van der Waals surface area contributed by atoms with E-state index in [4.69, 9.17) is 15.3 Å². The zero-order chi connectivity index (χ0) is 17.7. The molecule has 134 valence electrons. The monoisotopic (exact) mass is 330 g/mol. The van der Waals surface area contributed by atoms with Crippen LogP contribution < -0.4 is 0 Å². The first-order valence-electron chi connectivity index (χ1n) is 8.59. The van der Waals surface area contributed by atoms with E-state index >= 15 is 0 Å². The SMILES string of the molecule is CCCCCCCCCCCCCC(C(=O)O)(C(=O)O)C(=O)O. The van der Waals surface area contributed by atoms with Gasteiger partial charge >= 0.3 is 17.9 Å². The fourth-order valence-corrected chi connectivity index (χ4v) is 2.65. The average molecular weight is 330 g/mol. The number of carbonyl (C=O) groups is 3. The van der Waals surface area contributed by atoms with E-state index in [1.54, 1.807) is 0 Å². The van der Waals surface area contributed by atoms with Crippen LogP contribution in [0.4, 0.5) is 0 Å². The van der Waals surface area contributed by atoms with E-state index in [1.165, 1.54) is 38.5 Å². The van der Waals surface area contributed by atoms with Crippen molar-refractivity contribution in [1.29, 1.82) is 0 Å². The van der Waals surface area contributed by atoms with Crippen molar-refractivity contribution in [3.05, 3.63) is 0 Å². The lowest BCUT2D eigenvalue weighted by molar-refractivity contribution is -0.176. The quantitative estimate of drug-likeness (QED) is 0.310. The fraction of sp³-hybridized carbons (Fsp3) is 0.824. The van der Waals surface area contributed by atoms with E-state index in [2.05, 4.69) is 6.92 Å². The molecule has 0 fully saturated rings. The molecule has 3 N–H and O–H groups in total. The highest BCUT2D eigenvalue weighted by Gasteiger charge is 2.53. The van der Waals surface area contributed by atoms with Crippen molar-refractivity contribution in [2.45, 2.75) is 84.0 Å². The largest absolute Gasteiger partial charge is 0.480 e. The molecule has 0 aliphatic heterocycles. The third kappa shape index (κ3) is 7.48. The summed E-state index contributed by atoms with van der Waals surface area (Å²) >= 11 is 0. The Morgan fingerprint density at radius 1 is 0.609 bits per heavy atom. The summed E-state index contributed by atoms with van der Waals surface area (Å²) in [6.45, 7) is 2.19. The summed E-state index contributed by atoms with van der Waals surface area (Å²) in [4.78, 5) is 33.2. The second kappa shape index (κ2) is 11.9. The van der Waals surface area contributed by atoms with Crippen molar-refractivity contribution in [1.82, 2.24) is 0 Å². The summed E-state index contributed by atoms with van der Waals surface area (Å²) in [6, 6.07) is 0. The molecule has 0 aromatic heterocycles.